The van der Waals surface area contributed by atoms with E-state index < -0.39 is 5.97 Å². The molecule has 140 valence electrons. The van der Waals surface area contributed by atoms with Crippen molar-refractivity contribution >= 4 is 23.1 Å². The molecule has 0 saturated carbocycles. The van der Waals surface area contributed by atoms with Gasteiger partial charge in [0.2, 0.25) is 0 Å². The van der Waals surface area contributed by atoms with Crippen molar-refractivity contribution in [1.82, 2.24) is 0 Å². The van der Waals surface area contributed by atoms with Gasteiger partial charge in [-0.1, -0.05) is 37.6 Å². The van der Waals surface area contributed by atoms with Crippen molar-refractivity contribution < 1.29 is 14.6 Å². The largest absolute Gasteiger partial charge is 0.478 e. The van der Waals surface area contributed by atoms with E-state index in [9.17, 15) is 9.90 Å². The maximum atomic E-state index is 11.6. The second kappa shape index (κ2) is 9.03. The fourth-order valence-corrected chi connectivity index (χ4v) is 2.85. The van der Waals surface area contributed by atoms with Gasteiger partial charge in [0.05, 0.1) is 11.3 Å². The number of carbonyl (C=O) groups is 1. The number of allylic oxidation sites excluding steroid dienone is 2. The van der Waals surface area contributed by atoms with Crippen molar-refractivity contribution in [3.63, 3.8) is 0 Å². The zero-order valence-corrected chi connectivity index (χ0v) is 15.4. The molecule has 5 heteroatoms. The Morgan fingerprint density at radius 3 is 2.74 bits per heavy atom. The molecule has 2 aromatic carbocycles. The summed E-state index contributed by atoms with van der Waals surface area (Å²) in [6.07, 6.45) is 7.87. The summed E-state index contributed by atoms with van der Waals surface area (Å²) < 4.78 is 6.13. The summed E-state index contributed by atoms with van der Waals surface area (Å²) in [5, 5.41) is 12.8. The highest BCUT2D eigenvalue weighted by atomic mass is 16.5. The van der Waals surface area contributed by atoms with Gasteiger partial charge in [-0.25, -0.2) is 9.79 Å². The molecule has 0 bridgehead atoms. The number of carboxylic acid groups (broad SMARTS) is 1. The monoisotopic (exact) mass is 364 g/mol. The summed E-state index contributed by atoms with van der Waals surface area (Å²) in [5.41, 5.74) is 2.29. The molecule has 0 unspecified atom stereocenters. The van der Waals surface area contributed by atoms with Gasteiger partial charge in [0.25, 0.3) is 0 Å². The van der Waals surface area contributed by atoms with Crippen LogP contribution in [0.3, 0.4) is 0 Å². The van der Waals surface area contributed by atoms with Crippen LogP contribution in [0.15, 0.2) is 59.6 Å². The van der Waals surface area contributed by atoms with Crippen LogP contribution >= 0.6 is 0 Å². The number of aromatic carboxylic acids is 1. The molecule has 1 aliphatic carbocycles. The number of hydrogen-bond acceptors (Lipinski definition) is 4. The molecule has 0 radical (unpaired) electrons. The molecule has 3 rings (SSSR count). The average molecular weight is 364 g/mol. The highest BCUT2D eigenvalue weighted by Gasteiger charge is 2.17. The minimum absolute atomic E-state index is 0.190. The van der Waals surface area contributed by atoms with E-state index in [0.29, 0.717) is 22.9 Å². The van der Waals surface area contributed by atoms with Crippen LogP contribution < -0.4 is 10.1 Å². The summed E-state index contributed by atoms with van der Waals surface area (Å²) in [6.45, 7) is 2.85. The van der Waals surface area contributed by atoms with Gasteiger partial charge in [0.15, 0.2) is 5.75 Å². The lowest BCUT2D eigenvalue weighted by molar-refractivity contribution is 0.0697. The summed E-state index contributed by atoms with van der Waals surface area (Å²) >= 11 is 0. The van der Waals surface area contributed by atoms with Gasteiger partial charge in [-0.15, -0.1) is 0 Å². The lowest BCUT2D eigenvalue weighted by Crippen LogP contribution is -2.06. The molecule has 5 nitrogen and oxygen atoms in total. The van der Waals surface area contributed by atoms with Crippen LogP contribution in [-0.4, -0.2) is 23.3 Å². The van der Waals surface area contributed by atoms with Crippen molar-refractivity contribution in [3.8, 4) is 11.5 Å². The average Bonchev–Trinajstić information content (AvgIpc) is 3.18. The molecule has 0 aliphatic heterocycles. The van der Waals surface area contributed by atoms with Crippen LogP contribution in [-0.2, 0) is 0 Å². The number of rotatable bonds is 8. The third-order valence-corrected chi connectivity index (χ3v) is 4.27. The van der Waals surface area contributed by atoms with Gasteiger partial charge in [-0.05, 0) is 49.6 Å². The van der Waals surface area contributed by atoms with E-state index in [1.807, 2.05) is 36.4 Å². The number of para-hydroxylation sites is 1. The van der Waals surface area contributed by atoms with Crippen molar-refractivity contribution in [2.45, 2.75) is 32.6 Å². The lowest BCUT2D eigenvalue weighted by atomic mass is 10.1. The van der Waals surface area contributed by atoms with E-state index in [0.717, 1.165) is 37.9 Å². The van der Waals surface area contributed by atoms with Crippen LogP contribution in [0.25, 0.3) is 0 Å². The molecule has 27 heavy (non-hydrogen) atoms. The molecule has 0 aromatic heterocycles. The number of carboxylic acids is 1. The molecule has 0 fully saturated rings. The quantitative estimate of drug-likeness (QED) is 0.580. The van der Waals surface area contributed by atoms with Crippen molar-refractivity contribution in [2.75, 3.05) is 11.9 Å². The fourth-order valence-electron chi connectivity index (χ4n) is 2.85. The highest BCUT2D eigenvalue weighted by Crippen LogP contribution is 2.40. The third-order valence-electron chi connectivity index (χ3n) is 4.27. The normalized spacial score (nSPS) is 14.5. The third kappa shape index (κ3) is 4.97. The predicted molar refractivity (Wildman–Crippen MR) is 109 cm³/mol. The maximum Gasteiger partial charge on any atom is 0.335 e. The predicted octanol–water partition coefficient (Wildman–Crippen LogP) is 5.81. The topological polar surface area (TPSA) is 70.9 Å². The molecule has 1 aliphatic rings. The van der Waals surface area contributed by atoms with Gasteiger partial charge < -0.3 is 15.2 Å². The number of nitrogens with zero attached hydrogens (tertiary/aromatic N) is 1. The summed E-state index contributed by atoms with van der Waals surface area (Å²) in [7, 11) is 0. The number of aliphatic imine (C=N–C) groups is 1. The first-order chi connectivity index (χ1) is 13.2. The molecule has 0 amide bonds. The van der Waals surface area contributed by atoms with Crippen molar-refractivity contribution in [1.29, 1.82) is 0 Å². The zero-order chi connectivity index (χ0) is 19.1. The Bertz CT molecular complexity index is 857. The molecule has 0 saturated heterocycles. The van der Waals surface area contributed by atoms with Gasteiger partial charge in [0.1, 0.15) is 11.4 Å². The summed E-state index contributed by atoms with van der Waals surface area (Å²) in [6, 6.07) is 12.6. The minimum atomic E-state index is -0.983. The van der Waals surface area contributed by atoms with Crippen LogP contribution in [0.1, 0.15) is 43.0 Å². The molecular formula is C22H24N2O3. The van der Waals surface area contributed by atoms with E-state index in [-0.39, 0.29) is 5.56 Å². The Morgan fingerprint density at radius 2 is 2.07 bits per heavy atom. The van der Waals surface area contributed by atoms with Crippen molar-refractivity contribution in [3.05, 3.63) is 60.2 Å². The zero-order valence-electron chi connectivity index (χ0n) is 15.4. The van der Waals surface area contributed by atoms with Crippen LogP contribution in [0, 0.1) is 0 Å². The summed E-state index contributed by atoms with van der Waals surface area (Å²) in [4.78, 5) is 16.3. The van der Waals surface area contributed by atoms with E-state index >= 15 is 0 Å². The van der Waals surface area contributed by atoms with Crippen LogP contribution in [0.5, 0.6) is 11.5 Å². The lowest BCUT2D eigenvalue weighted by Gasteiger charge is -2.16. The van der Waals surface area contributed by atoms with E-state index in [1.165, 1.54) is 0 Å². The number of benzene rings is 2. The smallest absolute Gasteiger partial charge is 0.335 e. The standard InChI is InChI=1S/C22H24N2O3/c1-2-3-13-23-19-14-16(22(25)26)15-20(24-17-9-7-8-10-17)21(19)27-18-11-5-4-6-12-18/h4-7,9,11-12,14-15,23H,2-3,8,10,13H2,1H3,(H,25,26). The van der Waals surface area contributed by atoms with Crippen molar-refractivity contribution in [2.24, 2.45) is 4.99 Å². The highest BCUT2D eigenvalue weighted by molar-refractivity contribution is 6.00. The van der Waals surface area contributed by atoms with Crippen LogP contribution in [0.2, 0.25) is 0 Å². The molecule has 0 heterocycles. The number of unbranched alkanes of at least 4 members (excludes halogenated alkanes) is 1. The molecule has 0 atom stereocenters. The molecule has 2 aromatic rings. The Kier molecular flexibility index (Phi) is 6.26. The first-order valence-corrected chi connectivity index (χ1v) is 9.29. The van der Waals surface area contributed by atoms with Gasteiger partial charge in [0, 0.05) is 12.3 Å². The Hall–Kier alpha value is -3.08. The van der Waals surface area contributed by atoms with Gasteiger partial charge in [-0.3, -0.25) is 0 Å². The van der Waals surface area contributed by atoms with Crippen LogP contribution in [0.4, 0.5) is 11.4 Å². The number of hydrogen-bond donors (Lipinski definition) is 2. The van der Waals surface area contributed by atoms with E-state index in [2.05, 4.69) is 23.3 Å². The maximum absolute atomic E-state index is 11.6. The van der Waals surface area contributed by atoms with Gasteiger partial charge in [-0.2, -0.15) is 0 Å². The number of ether oxygens (including phenoxy) is 1. The second-order valence-electron chi connectivity index (χ2n) is 6.42. The first-order valence-electron chi connectivity index (χ1n) is 9.29. The molecule has 0 spiro atoms. The number of nitrogens with one attached hydrogen (secondary N) is 1. The molecular weight excluding hydrogens is 340 g/mol. The van der Waals surface area contributed by atoms with E-state index in [1.54, 1.807) is 12.1 Å². The fraction of sp³-hybridized carbons (Fsp3) is 0.273. The molecule has 2 N–H and O–H groups in total. The minimum Gasteiger partial charge on any atom is -0.478 e. The van der Waals surface area contributed by atoms with E-state index in [4.69, 9.17) is 4.74 Å². The SMILES string of the molecule is CCCCNc1cc(C(=O)O)cc(N=C2C=CCC2)c1Oc1ccccc1. The Balaban J connectivity index is 2.07. The Morgan fingerprint density at radius 1 is 1.26 bits per heavy atom. The van der Waals surface area contributed by atoms with Gasteiger partial charge >= 0.3 is 5.97 Å². The number of anilines is 1. The summed E-state index contributed by atoms with van der Waals surface area (Å²) in [5.74, 6) is 0.251. The Labute approximate surface area is 159 Å². The first kappa shape index (κ1) is 18.7. The second-order valence-corrected chi connectivity index (χ2v) is 6.42.